The molecule has 1 aliphatic rings. The first-order chi connectivity index (χ1) is 13.3. The summed E-state index contributed by atoms with van der Waals surface area (Å²) in [6.07, 6.45) is 2.73. The van der Waals surface area contributed by atoms with Gasteiger partial charge in [0.05, 0.1) is 4.90 Å². The van der Waals surface area contributed by atoms with Gasteiger partial charge in [-0.15, -0.1) is 0 Å². The molecule has 150 valence electrons. The first-order valence-electron chi connectivity index (χ1n) is 9.40. The molecule has 1 amide bonds. The second-order valence-electron chi connectivity index (χ2n) is 7.19. The molecule has 0 saturated carbocycles. The molecule has 1 saturated heterocycles. The summed E-state index contributed by atoms with van der Waals surface area (Å²) >= 11 is 0. The molecule has 2 aromatic rings. The van der Waals surface area contributed by atoms with Crippen molar-refractivity contribution in [3.05, 3.63) is 65.0 Å². The number of hydrogen-bond acceptors (Lipinski definition) is 3. The van der Waals surface area contributed by atoms with Crippen molar-refractivity contribution in [2.45, 2.75) is 37.6 Å². The normalized spacial score (nSPS) is 15.4. The van der Waals surface area contributed by atoms with Crippen LogP contribution >= 0.6 is 0 Å². The lowest BCUT2D eigenvalue weighted by molar-refractivity contribution is 0.0783. The molecular formula is C21H25FN2O3S. The molecule has 2 aromatic carbocycles. The molecule has 0 N–H and O–H groups in total. The maximum Gasteiger partial charge on any atom is 0.254 e. The lowest BCUT2D eigenvalue weighted by Gasteiger charge is -2.26. The Kier molecular flexibility index (Phi) is 6.15. The average Bonchev–Trinajstić information content (AvgIpc) is 2.70. The Morgan fingerprint density at radius 1 is 1.11 bits per heavy atom. The van der Waals surface area contributed by atoms with Crippen LogP contribution in [0.4, 0.5) is 4.39 Å². The van der Waals surface area contributed by atoms with Crippen LogP contribution in [0.15, 0.2) is 47.4 Å². The molecule has 0 aliphatic carbocycles. The van der Waals surface area contributed by atoms with E-state index < -0.39 is 10.0 Å². The Bertz CT molecular complexity index is 969. The minimum Gasteiger partial charge on any atom is -0.337 e. The SMILES string of the molecule is Cc1ccc(S(=O)(=O)N2CCCCC2)cc1C(=O)N(C)Cc1ccccc1F. The number of amides is 1. The summed E-state index contributed by atoms with van der Waals surface area (Å²) in [5, 5.41) is 0. The summed E-state index contributed by atoms with van der Waals surface area (Å²) in [5.74, 6) is -0.711. The number of nitrogens with zero attached hydrogens (tertiary/aromatic N) is 2. The van der Waals surface area contributed by atoms with Gasteiger partial charge >= 0.3 is 0 Å². The molecule has 1 aliphatic heterocycles. The Labute approximate surface area is 165 Å². The molecule has 0 atom stereocenters. The van der Waals surface area contributed by atoms with Crippen molar-refractivity contribution in [3.8, 4) is 0 Å². The van der Waals surface area contributed by atoms with Crippen molar-refractivity contribution in [3.63, 3.8) is 0 Å². The molecule has 5 nitrogen and oxygen atoms in total. The molecule has 3 rings (SSSR count). The second-order valence-corrected chi connectivity index (χ2v) is 9.13. The predicted molar refractivity (Wildman–Crippen MR) is 106 cm³/mol. The highest BCUT2D eigenvalue weighted by Crippen LogP contribution is 2.24. The van der Waals surface area contributed by atoms with E-state index in [0.717, 1.165) is 19.3 Å². The molecule has 0 unspecified atom stereocenters. The second kappa shape index (κ2) is 8.41. The molecule has 0 bridgehead atoms. The van der Waals surface area contributed by atoms with E-state index in [2.05, 4.69) is 0 Å². The lowest BCUT2D eigenvalue weighted by atomic mass is 10.1. The zero-order valence-electron chi connectivity index (χ0n) is 16.2. The van der Waals surface area contributed by atoms with Crippen LogP contribution in [-0.2, 0) is 16.6 Å². The van der Waals surface area contributed by atoms with Gasteiger partial charge in [-0.3, -0.25) is 4.79 Å². The molecule has 7 heteroatoms. The Hall–Kier alpha value is -2.25. The summed E-state index contributed by atoms with van der Waals surface area (Å²) in [6, 6.07) is 10.9. The third-order valence-electron chi connectivity index (χ3n) is 5.10. The quantitative estimate of drug-likeness (QED) is 0.765. The standard InChI is InChI=1S/C21H25FN2O3S/c1-16-10-11-18(28(26,27)24-12-6-3-7-13-24)14-19(16)21(25)23(2)15-17-8-4-5-9-20(17)22/h4-5,8-11,14H,3,6-7,12-13,15H2,1-2H3. The van der Waals surface area contributed by atoms with Gasteiger partial charge in [-0.1, -0.05) is 30.7 Å². The van der Waals surface area contributed by atoms with Crippen molar-refractivity contribution in [2.24, 2.45) is 0 Å². The topological polar surface area (TPSA) is 57.7 Å². The Morgan fingerprint density at radius 3 is 2.46 bits per heavy atom. The van der Waals surface area contributed by atoms with Gasteiger partial charge in [0.2, 0.25) is 10.0 Å². The number of halogens is 1. The lowest BCUT2D eigenvalue weighted by Crippen LogP contribution is -2.35. The van der Waals surface area contributed by atoms with Gasteiger partial charge in [0, 0.05) is 37.8 Å². The van der Waals surface area contributed by atoms with Gasteiger partial charge in [0.1, 0.15) is 5.82 Å². The van der Waals surface area contributed by atoms with Gasteiger partial charge in [-0.05, 0) is 43.5 Å². The smallest absolute Gasteiger partial charge is 0.254 e. The maximum absolute atomic E-state index is 13.9. The minimum atomic E-state index is -3.62. The maximum atomic E-state index is 13.9. The van der Waals surface area contributed by atoms with Crippen molar-refractivity contribution < 1.29 is 17.6 Å². The van der Waals surface area contributed by atoms with Gasteiger partial charge in [-0.2, -0.15) is 4.31 Å². The van der Waals surface area contributed by atoms with Crippen LogP contribution in [0.25, 0.3) is 0 Å². The first-order valence-corrected chi connectivity index (χ1v) is 10.8. The predicted octanol–water partition coefficient (Wildman–Crippen LogP) is 3.58. The Morgan fingerprint density at radius 2 is 1.79 bits per heavy atom. The zero-order valence-corrected chi connectivity index (χ0v) is 17.0. The molecular weight excluding hydrogens is 379 g/mol. The summed E-state index contributed by atoms with van der Waals surface area (Å²) in [7, 11) is -2.04. The number of carbonyl (C=O) groups excluding carboxylic acids is 1. The van der Waals surface area contributed by atoms with Crippen molar-refractivity contribution in [2.75, 3.05) is 20.1 Å². The van der Waals surface area contributed by atoms with Crippen LogP contribution in [0.3, 0.4) is 0 Å². The monoisotopic (exact) mass is 404 g/mol. The fourth-order valence-corrected chi connectivity index (χ4v) is 4.95. The van der Waals surface area contributed by atoms with Crippen molar-refractivity contribution in [1.82, 2.24) is 9.21 Å². The highest BCUT2D eigenvalue weighted by Gasteiger charge is 2.27. The van der Waals surface area contributed by atoms with Crippen LogP contribution in [0.2, 0.25) is 0 Å². The van der Waals surface area contributed by atoms with Crippen LogP contribution in [0.5, 0.6) is 0 Å². The summed E-state index contributed by atoms with van der Waals surface area (Å²) in [4.78, 5) is 14.5. The first kappa shape index (κ1) is 20.5. The van der Waals surface area contributed by atoms with Gasteiger partial charge in [0.15, 0.2) is 0 Å². The van der Waals surface area contributed by atoms with E-state index in [0.29, 0.717) is 29.8 Å². The Balaban J connectivity index is 1.86. The number of aryl methyl sites for hydroxylation is 1. The van der Waals surface area contributed by atoms with Gasteiger partial charge in [0.25, 0.3) is 5.91 Å². The number of benzene rings is 2. The number of hydrogen-bond donors (Lipinski definition) is 0. The average molecular weight is 405 g/mol. The van der Waals surface area contributed by atoms with Crippen LogP contribution in [0.1, 0.15) is 40.7 Å². The third-order valence-corrected chi connectivity index (χ3v) is 7.00. The summed E-state index contributed by atoms with van der Waals surface area (Å²) in [5.41, 5.74) is 1.41. The number of piperidine rings is 1. The van der Waals surface area contributed by atoms with E-state index in [1.165, 1.54) is 21.3 Å². The molecule has 0 radical (unpaired) electrons. The van der Waals surface area contributed by atoms with Crippen molar-refractivity contribution >= 4 is 15.9 Å². The highest BCUT2D eigenvalue weighted by molar-refractivity contribution is 7.89. The minimum absolute atomic E-state index is 0.105. The zero-order chi connectivity index (χ0) is 20.3. The van der Waals surface area contributed by atoms with Gasteiger partial charge < -0.3 is 4.90 Å². The number of sulfonamides is 1. The van der Waals surface area contributed by atoms with E-state index in [1.807, 2.05) is 0 Å². The molecule has 1 heterocycles. The fourth-order valence-electron chi connectivity index (χ4n) is 3.41. The highest BCUT2D eigenvalue weighted by atomic mass is 32.2. The number of carbonyl (C=O) groups is 1. The van der Waals surface area contributed by atoms with E-state index in [4.69, 9.17) is 0 Å². The van der Waals surface area contributed by atoms with Crippen molar-refractivity contribution in [1.29, 1.82) is 0 Å². The van der Waals surface area contributed by atoms with E-state index in [1.54, 1.807) is 44.3 Å². The summed E-state index contributed by atoms with van der Waals surface area (Å²) < 4.78 is 41.2. The van der Waals surface area contributed by atoms with E-state index in [-0.39, 0.29) is 23.2 Å². The van der Waals surface area contributed by atoms with E-state index >= 15 is 0 Å². The van der Waals surface area contributed by atoms with Crippen LogP contribution < -0.4 is 0 Å². The van der Waals surface area contributed by atoms with E-state index in [9.17, 15) is 17.6 Å². The largest absolute Gasteiger partial charge is 0.337 e. The van der Waals surface area contributed by atoms with Gasteiger partial charge in [-0.25, -0.2) is 12.8 Å². The molecule has 1 fully saturated rings. The molecule has 0 spiro atoms. The van der Waals surface area contributed by atoms with Crippen LogP contribution in [-0.4, -0.2) is 43.7 Å². The molecule has 28 heavy (non-hydrogen) atoms. The molecule has 0 aromatic heterocycles. The fraction of sp³-hybridized carbons (Fsp3) is 0.381. The summed E-state index contributed by atoms with van der Waals surface area (Å²) in [6.45, 7) is 2.88. The third kappa shape index (κ3) is 4.25. The number of rotatable bonds is 5. The van der Waals surface area contributed by atoms with Crippen LogP contribution in [0, 0.1) is 12.7 Å².